The summed E-state index contributed by atoms with van der Waals surface area (Å²) in [5, 5.41) is 39.2. The summed E-state index contributed by atoms with van der Waals surface area (Å²) in [6.45, 7) is 0. The van der Waals surface area contributed by atoms with Crippen LogP contribution < -0.4 is 0 Å². The van der Waals surface area contributed by atoms with Crippen LogP contribution in [0.2, 0.25) is 0 Å². The third-order valence-electron chi connectivity index (χ3n) is 7.66. The van der Waals surface area contributed by atoms with Crippen molar-refractivity contribution in [1.82, 2.24) is 0 Å². The lowest BCUT2D eigenvalue weighted by Gasteiger charge is -2.16. The van der Waals surface area contributed by atoms with Crippen LogP contribution in [0.4, 0.5) is 52.7 Å². The molecule has 0 saturated carbocycles. The van der Waals surface area contributed by atoms with Crippen LogP contribution in [-0.4, -0.2) is 0 Å². The molecular weight excluding hydrogens is 692 g/mol. The fourth-order valence-electron chi connectivity index (χ4n) is 5.49. The molecule has 0 fully saturated rings. The van der Waals surface area contributed by atoms with Crippen molar-refractivity contribution in [3.63, 3.8) is 0 Å². The lowest BCUT2D eigenvalue weighted by atomic mass is 9.90. The van der Waals surface area contributed by atoms with Crippen LogP contribution in [0, 0.1) is 45.3 Å². The molecule has 0 aliphatic heterocycles. The van der Waals surface area contributed by atoms with Gasteiger partial charge < -0.3 is 0 Å². The third-order valence-corrected chi connectivity index (χ3v) is 7.66. The number of hydrogen-bond acceptors (Lipinski definition) is 4. The zero-order valence-electron chi connectivity index (χ0n) is 24.1. The Bertz CT molecular complexity index is 2090. The monoisotopic (exact) mass is 702 g/mol. The number of nitriles is 4. The minimum atomic E-state index is -5.28. The van der Waals surface area contributed by atoms with Crippen LogP contribution in [0.15, 0.2) is 66.2 Å². The van der Waals surface area contributed by atoms with Crippen LogP contribution in [0.3, 0.4) is 0 Å². The van der Waals surface area contributed by atoms with E-state index in [0.717, 1.165) is 24.3 Å². The average Bonchev–Trinajstić information content (AvgIpc) is 3.34. The topological polar surface area (TPSA) is 95.2 Å². The summed E-state index contributed by atoms with van der Waals surface area (Å²) < 4.78 is 164. The molecule has 4 aromatic carbocycles. The van der Waals surface area contributed by atoms with Crippen LogP contribution >= 0.6 is 0 Å². The van der Waals surface area contributed by atoms with E-state index in [1.807, 2.05) is 0 Å². The number of benzene rings is 4. The molecule has 0 aromatic heterocycles. The molecule has 1 aliphatic rings. The van der Waals surface area contributed by atoms with Crippen molar-refractivity contribution in [1.29, 1.82) is 21.0 Å². The van der Waals surface area contributed by atoms with E-state index in [0.29, 0.717) is 24.3 Å². The Morgan fingerprint density at radius 1 is 0.380 bits per heavy atom. The molecule has 0 saturated heterocycles. The number of hydrogen-bond donors (Lipinski definition) is 0. The van der Waals surface area contributed by atoms with Gasteiger partial charge >= 0.3 is 24.7 Å². The maximum atomic E-state index is 13.7. The number of fused-ring (bicyclic) bond motifs is 3. The van der Waals surface area contributed by atoms with E-state index in [1.54, 1.807) is 24.3 Å². The van der Waals surface area contributed by atoms with E-state index in [1.165, 1.54) is 0 Å². The van der Waals surface area contributed by atoms with Gasteiger partial charge in [0.05, 0.1) is 45.5 Å². The van der Waals surface area contributed by atoms with E-state index in [9.17, 15) is 73.7 Å². The molecule has 0 amide bonds. The highest BCUT2D eigenvalue weighted by Crippen LogP contribution is 2.51. The maximum Gasteiger partial charge on any atom is 0.416 e. The van der Waals surface area contributed by atoms with Crippen molar-refractivity contribution < 1.29 is 52.7 Å². The first kappa shape index (κ1) is 35.1. The van der Waals surface area contributed by atoms with Crippen molar-refractivity contribution in [2.24, 2.45) is 0 Å². The Balaban J connectivity index is 1.91. The molecular formula is C34H10F12N4. The molecule has 250 valence electrons. The summed E-state index contributed by atoms with van der Waals surface area (Å²) >= 11 is 0. The quantitative estimate of drug-likeness (QED) is 0.135. The van der Waals surface area contributed by atoms with Gasteiger partial charge in [0.2, 0.25) is 0 Å². The summed E-state index contributed by atoms with van der Waals surface area (Å²) in [5.41, 5.74) is -12.0. The van der Waals surface area contributed by atoms with Crippen LogP contribution in [0.25, 0.3) is 39.0 Å². The van der Waals surface area contributed by atoms with E-state index in [-0.39, 0.29) is 40.0 Å². The van der Waals surface area contributed by atoms with Crippen molar-refractivity contribution in [3.8, 4) is 57.7 Å². The van der Waals surface area contributed by atoms with E-state index < -0.39 is 85.9 Å². The first-order valence-corrected chi connectivity index (χ1v) is 13.4. The summed E-state index contributed by atoms with van der Waals surface area (Å²) in [6.07, 6.45) is -21.1. The van der Waals surface area contributed by atoms with Gasteiger partial charge in [-0.3, -0.25) is 0 Å². The molecule has 4 nitrogen and oxygen atoms in total. The highest BCUT2D eigenvalue weighted by molar-refractivity contribution is 6.07. The average molecular weight is 702 g/mol. The standard InChI is InChI=1S/C34H10F12N4/c35-31(36,37)20-1-15(2-21(7-20)32(38,39)40)24-9-26-27-10-25(16-3-22(33(41,42)43)8-23(4-16)34(44,45)46)18(12-48)6-29(27)30(19(13-49)14-50)28(26)5-17(24)11-47/h1-10H. The van der Waals surface area contributed by atoms with Crippen molar-refractivity contribution in [2.45, 2.75) is 24.7 Å². The van der Waals surface area contributed by atoms with Gasteiger partial charge in [-0.15, -0.1) is 0 Å². The first-order valence-electron chi connectivity index (χ1n) is 13.4. The Hall–Kier alpha value is -6.26. The van der Waals surface area contributed by atoms with E-state index >= 15 is 0 Å². The minimum absolute atomic E-state index is 0.148. The summed E-state index contributed by atoms with van der Waals surface area (Å²) in [7, 11) is 0. The second-order valence-corrected chi connectivity index (χ2v) is 10.7. The molecule has 0 N–H and O–H groups in total. The smallest absolute Gasteiger partial charge is 0.192 e. The van der Waals surface area contributed by atoms with Crippen molar-refractivity contribution >= 4 is 5.57 Å². The molecule has 5 rings (SSSR count). The van der Waals surface area contributed by atoms with Gasteiger partial charge in [0.1, 0.15) is 17.7 Å². The fraction of sp³-hybridized carbons (Fsp3) is 0.118. The number of rotatable bonds is 2. The Kier molecular flexibility index (Phi) is 8.21. The largest absolute Gasteiger partial charge is 0.416 e. The molecule has 4 aromatic rings. The highest BCUT2D eigenvalue weighted by atomic mass is 19.4. The molecule has 0 atom stereocenters. The van der Waals surface area contributed by atoms with Gasteiger partial charge in [-0.05, 0) is 94.0 Å². The second-order valence-electron chi connectivity index (χ2n) is 10.7. The van der Waals surface area contributed by atoms with E-state index in [4.69, 9.17) is 0 Å². The lowest BCUT2D eigenvalue weighted by molar-refractivity contribution is -0.144. The van der Waals surface area contributed by atoms with Gasteiger partial charge in [-0.2, -0.15) is 73.7 Å². The lowest BCUT2D eigenvalue weighted by Crippen LogP contribution is -2.11. The molecule has 0 radical (unpaired) electrons. The van der Waals surface area contributed by atoms with Crippen LogP contribution in [-0.2, 0) is 24.7 Å². The van der Waals surface area contributed by atoms with E-state index in [2.05, 4.69) is 0 Å². The summed E-state index contributed by atoms with van der Waals surface area (Å²) in [6, 6.07) is 11.4. The number of halogens is 12. The second kappa shape index (κ2) is 11.7. The molecule has 16 heteroatoms. The molecule has 0 spiro atoms. The summed E-state index contributed by atoms with van der Waals surface area (Å²) in [5.74, 6) is 0. The zero-order chi connectivity index (χ0) is 37.1. The number of alkyl halides is 12. The molecule has 0 bridgehead atoms. The minimum Gasteiger partial charge on any atom is -0.192 e. The van der Waals surface area contributed by atoms with Crippen LogP contribution in [0.1, 0.15) is 44.5 Å². The molecule has 50 heavy (non-hydrogen) atoms. The molecule has 0 heterocycles. The number of allylic oxidation sites excluding steroid dienone is 1. The third kappa shape index (κ3) is 6.20. The van der Waals surface area contributed by atoms with Gasteiger partial charge in [-0.25, -0.2) is 0 Å². The number of nitrogens with zero attached hydrogens (tertiary/aromatic N) is 4. The fourth-order valence-corrected chi connectivity index (χ4v) is 5.49. The van der Waals surface area contributed by atoms with Gasteiger partial charge in [0, 0.05) is 16.7 Å². The molecule has 1 aliphatic carbocycles. The normalized spacial score (nSPS) is 12.7. The highest BCUT2D eigenvalue weighted by Gasteiger charge is 2.39. The first-order chi connectivity index (χ1) is 23.1. The van der Waals surface area contributed by atoms with Crippen LogP contribution in [0.5, 0.6) is 0 Å². The maximum absolute atomic E-state index is 13.7. The van der Waals surface area contributed by atoms with Gasteiger partial charge in [-0.1, -0.05) is 0 Å². The zero-order valence-corrected chi connectivity index (χ0v) is 24.1. The predicted molar refractivity (Wildman–Crippen MR) is 149 cm³/mol. The SMILES string of the molecule is N#CC(C#N)=C1c2cc(C#N)c(-c3cc(C(F)(F)F)cc(C(F)(F)F)c3)cc2-c2cc(-c3cc(C(F)(F)F)cc(C(F)(F)F)c3)c(C#N)cc21. The van der Waals surface area contributed by atoms with Gasteiger partial charge in [0.25, 0.3) is 0 Å². The Morgan fingerprint density at radius 2 is 0.680 bits per heavy atom. The Labute approximate surface area is 272 Å². The molecule has 0 unspecified atom stereocenters. The predicted octanol–water partition coefficient (Wildman–Crippen LogP) is 10.7. The van der Waals surface area contributed by atoms with Crippen molar-refractivity contribution in [3.05, 3.63) is 111 Å². The summed E-state index contributed by atoms with van der Waals surface area (Å²) in [4.78, 5) is 0. The van der Waals surface area contributed by atoms with Gasteiger partial charge in [0.15, 0.2) is 0 Å². The Morgan fingerprint density at radius 3 is 0.920 bits per heavy atom. The van der Waals surface area contributed by atoms with Crippen molar-refractivity contribution in [2.75, 3.05) is 0 Å².